The zero-order valence-electron chi connectivity index (χ0n) is 7.84. The second-order valence-corrected chi connectivity index (χ2v) is 3.43. The van der Waals surface area contributed by atoms with Crippen LogP contribution in [0.4, 0.5) is 0 Å². The minimum atomic E-state index is 0.609. The Kier molecular flexibility index (Phi) is 3.91. The molecule has 1 aliphatic carbocycles. The van der Waals surface area contributed by atoms with Crippen molar-refractivity contribution in [3.63, 3.8) is 0 Å². The van der Waals surface area contributed by atoms with Gasteiger partial charge in [0.2, 0.25) is 0 Å². The van der Waals surface area contributed by atoms with Crippen molar-refractivity contribution in [2.24, 2.45) is 16.6 Å². The van der Waals surface area contributed by atoms with Gasteiger partial charge in [0, 0.05) is 13.1 Å². The van der Waals surface area contributed by atoms with Gasteiger partial charge in [0.1, 0.15) is 0 Å². The van der Waals surface area contributed by atoms with Crippen LogP contribution >= 0.6 is 0 Å². The molecule has 0 unspecified atom stereocenters. The van der Waals surface area contributed by atoms with Crippen molar-refractivity contribution >= 4 is 5.96 Å². The first-order valence-corrected chi connectivity index (χ1v) is 4.86. The third-order valence-electron chi connectivity index (χ3n) is 2.06. The highest BCUT2D eigenvalue weighted by atomic mass is 15.1. The van der Waals surface area contributed by atoms with Crippen molar-refractivity contribution in [2.45, 2.75) is 32.6 Å². The van der Waals surface area contributed by atoms with E-state index in [0.29, 0.717) is 5.96 Å². The number of hydrogen-bond donors (Lipinski definition) is 2. The molecule has 0 radical (unpaired) electrons. The monoisotopic (exact) mass is 169 g/mol. The molecule has 1 saturated carbocycles. The highest BCUT2D eigenvalue weighted by molar-refractivity contribution is 5.77. The average Bonchev–Trinajstić information content (AvgIpc) is 2.84. The highest BCUT2D eigenvalue weighted by Gasteiger charge is 2.20. The summed E-state index contributed by atoms with van der Waals surface area (Å²) in [6.45, 7) is 3.92. The van der Waals surface area contributed by atoms with Gasteiger partial charge in [-0.3, -0.25) is 4.99 Å². The molecule has 1 rings (SSSR count). The molecule has 0 amide bonds. The molecule has 0 bridgehead atoms. The van der Waals surface area contributed by atoms with Crippen molar-refractivity contribution in [1.29, 1.82) is 0 Å². The summed E-state index contributed by atoms with van der Waals surface area (Å²) in [4.78, 5) is 4.14. The molecule has 0 saturated heterocycles. The Hall–Kier alpha value is -0.730. The topological polar surface area (TPSA) is 50.4 Å². The number of nitrogens with two attached hydrogens (primary N) is 1. The Balaban J connectivity index is 1.96. The van der Waals surface area contributed by atoms with Gasteiger partial charge in [-0.15, -0.1) is 0 Å². The molecule has 1 fully saturated rings. The fourth-order valence-electron chi connectivity index (χ4n) is 1.10. The van der Waals surface area contributed by atoms with E-state index in [4.69, 9.17) is 5.73 Å². The first-order valence-electron chi connectivity index (χ1n) is 4.86. The molecule has 0 spiro atoms. The molecule has 0 heterocycles. The number of guanidine groups is 1. The summed E-state index contributed by atoms with van der Waals surface area (Å²) >= 11 is 0. The van der Waals surface area contributed by atoms with E-state index in [0.717, 1.165) is 25.4 Å². The summed E-state index contributed by atoms with van der Waals surface area (Å²) in [5.41, 5.74) is 5.61. The number of hydrogen-bond acceptors (Lipinski definition) is 1. The predicted octanol–water partition coefficient (Wildman–Crippen LogP) is 1.10. The Morgan fingerprint density at radius 3 is 2.92 bits per heavy atom. The zero-order valence-corrected chi connectivity index (χ0v) is 7.84. The molecule has 12 heavy (non-hydrogen) atoms. The molecule has 70 valence electrons. The van der Waals surface area contributed by atoms with Crippen LogP contribution in [0.25, 0.3) is 0 Å². The van der Waals surface area contributed by atoms with Crippen LogP contribution in [0, 0.1) is 5.92 Å². The maximum Gasteiger partial charge on any atom is 0.188 e. The van der Waals surface area contributed by atoms with E-state index in [1.807, 2.05) is 0 Å². The Bertz CT molecular complexity index is 150. The van der Waals surface area contributed by atoms with Gasteiger partial charge in [-0.2, -0.15) is 0 Å². The van der Waals surface area contributed by atoms with Crippen LogP contribution in [-0.4, -0.2) is 19.0 Å². The van der Waals surface area contributed by atoms with E-state index >= 15 is 0 Å². The van der Waals surface area contributed by atoms with Crippen LogP contribution in [-0.2, 0) is 0 Å². The third kappa shape index (κ3) is 4.21. The zero-order chi connectivity index (χ0) is 8.81. The van der Waals surface area contributed by atoms with Crippen LogP contribution in [0.2, 0.25) is 0 Å². The van der Waals surface area contributed by atoms with Crippen LogP contribution in [0.15, 0.2) is 4.99 Å². The third-order valence-corrected chi connectivity index (χ3v) is 2.06. The lowest BCUT2D eigenvalue weighted by Crippen LogP contribution is -2.32. The van der Waals surface area contributed by atoms with Crippen LogP contribution in [0.5, 0.6) is 0 Å². The van der Waals surface area contributed by atoms with Crippen molar-refractivity contribution in [3.05, 3.63) is 0 Å². The molecular weight excluding hydrogens is 150 g/mol. The SMILES string of the molecule is CCCN=C(N)NCCC1CC1. The number of rotatable bonds is 5. The van der Waals surface area contributed by atoms with E-state index < -0.39 is 0 Å². The molecule has 0 aromatic rings. The summed E-state index contributed by atoms with van der Waals surface area (Å²) in [6, 6.07) is 0. The second-order valence-electron chi connectivity index (χ2n) is 3.43. The second kappa shape index (κ2) is 5.01. The van der Waals surface area contributed by atoms with Gasteiger partial charge in [0.15, 0.2) is 5.96 Å². The smallest absolute Gasteiger partial charge is 0.188 e. The molecule has 1 aliphatic rings. The molecular formula is C9H19N3. The molecule has 0 aromatic heterocycles. The van der Waals surface area contributed by atoms with Gasteiger partial charge in [0.05, 0.1) is 0 Å². The number of nitrogens with one attached hydrogen (secondary N) is 1. The Labute approximate surface area is 74.4 Å². The van der Waals surface area contributed by atoms with Crippen molar-refractivity contribution in [1.82, 2.24) is 5.32 Å². The Morgan fingerprint density at radius 1 is 1.58 bits per heavy atom. The standard InChI is InChI=1S/C9H19N3/c1-2-6-11-9(10)12-7-5-8-3-4-8/h8H,2-7H2,1H3,(H3,10,11,12). The van der Waals surface area contributed by atoms with Gasteiger partial charge in [-0.25, -0.2) is 0 Å². The van der Waals surface area contributed by atoms with Crippen molar-refractivity contribution in [2.75, 3.05) is 13.1 Å². The van der Waals surface area contributed by atoms with E-state index in [1.165, 1.54) is 19.3 Å². The molecule has 3 nitrogen and oxygen atoms in total. The lowest BCUT2D eigenvalue weighted by Gasteiger charge is -2.03. The summed E-state index contributed by atoms with van der Waals surface area (Å²) in [5, 5.41) is 3.12. The summed E-state index contributed by atoms with van der Waals surface area (Å²) in [5.74, 6) is 1.58. The summed E-state index contributed by atoms with van der Waals surface area (Å²) in [7, 11) is 0. The molecule has 3 N–H and O–H groups in total. The van der Waals surface area contributed by atoms with E-state index in [9.17, 15) is 0 Å². The van der Waals surface area contributed by atoms with Gasteiger partial charge in [-0.1, -0.05) is 19.8 Å². The summed E-state index contributed by atoms with van der Waals surface area (Å²) in [6.07, 6.45) is 5.13. The lowest BCUT2D eigenvalue weighted by atomic mass is 10.3. The van der Waals surface area contributed by atoms with Crippen molar-refractivity contribution < 1.29 is 0 Å². The fourth-order valence-corrected chi connectivity index (χ4v) is 1.10. The maximum absolute atomic E-state index is 5.61. The van der Waals surface area contributed by atoms with Gasteiger partial charge in [-0.05, 0) is 18.8 Å². The average molecular weight is 169 g/mol. The minimum Gasteiger partial charge on any atom is -0.370 e. The van der Waals surface area contributed by atoms with E-state index in [-0.39, 0.29) is 0 Å². The summed E-state index contributed by atoms with van der Waals surface area (Å²) < 4.78 is 0. The normalized spacial score (nSPS) is 17.9. The minimum absolute atomic E-state index is 0.609. The van der Waals surface area contributed by atoms with Crippen LogP contribution in [0.1, 0.15) is 32.6 Å². The van der Waals surface area contributed by atoms with Crippen LogP contribution < -0.4 is 11.1 Å². The quantitative estimate of drug-likeness (QED) is 0.478. The molecule has 0 atom stereocenters. The highest BCUT2D eigenvalue weighted by Crippen LogP contribution is 2.31. The van der Waals surface area contributed by atoms with E-state index in [2.05, 4.69) is 17.2 Å². The number of nitrogens with zero attached hydrogens (tertiary/aromatic N) is 1. The first kappa shape index (κ1) is 9.36. The molecule has 0 aliphatic heterocycles. The molecule has 0 aromatic carbocycles. The van der Waals surface area contributed by atoms with E-state index in [1.54, 1.807) is 0 Å². The van der Waals surface area contributed by atoms with Gasteiger partial charge in [0.25, 0.3) is 0 Å². The van der Waals surface area contributed by atoms with Crippen LogP contribution in [0.3, 0.4) is 0 Å². The van der Waals surface area contributed by atoms with Gasteiger partial charge >= 0.3 is 0 Å². The first-order chi connectivity index (χ1) is 5.83. The van der Waals surface area contributed by atoms with Gasteiger partial charge < -0.3 is 11.1 Å². The van der Waals surface area contributed by atoms with Crippen molar-refractivity contribution in [3.8, 4) is 0 Å². The molecule has 3 heteroatoms. The lowest BCUT2D eigenvalue weighted by molar-refractivity contribution is 0.695. The number of aliphatic imine (C=N–C) groups is 1. The Morgan fingerprint density at radius 2 is 2.33 bits per heavy atom. The fraction of sp³-hybridized carbons (Fsp3) is 0.889. The predicted molar refractivity (Wildman–Crippen MR) is 52.1 cm³/mol. The maximum atomic E-state index is 5.61. The largest absolute Gasteiger partial charge is 0.370 e.